The third kappa shape index (κ3) is 3.70. The van der Waals surface area contributed by atoms with Crippen molar-refractivity contribution in [1.82, 2.24) is 10.2 Å². The average molecular weight is 213 g/mol. The molecule has 4 nitrogen and oxygen atoms in total. The highest BCUT2D eigenvalue weighted by Gasteiger charge is 2.20. The Bertz CT molecular complexity index is 198. The van der Waals surface area contributed by atoms with Gasteiger partial charge in [-0.1, -0.05) is 0 Å². The van der Waals surface area contributed by atoms with Crippen molar-refractivity contribution in [3.8, 4) is 0 Å². The predicted molar refractivity (Wildman–Crippen MR) is 63.3 cm³/mol. The summed E-state index contributed by atoms with van der Waals surface area (Å²) >= 11 is 0. The lowest BCUT2D eigenvalue weighted by Gasteiger charge is -2.33. The Hall–Kier alpha value is -0.770. The van der Waals surface area contributed by atoms with Gasteiger partial charge < -0.3 is 15.0 Å². The fourth-order valence-corrected chi connectivity index (χ4v) is 1.96. The Morgan fingerprint density at radius 1 is 1.40 bits per heavy atom. The molecule has 1 saturated heterocycles. The minimum atomic E-state index is 0.450. The van der Waals surface area contributed by atoms with Crippen LogP contribution in [0.1, 0.15) is 26.7 Å². The second-order valence-corrected chi connectivity index (χ2v) is 3.72. The van der Waals surface area contributed by atoms with Crippen LogP contribution in [0, 0.1) is 0 Å². The van der Waals surface area contributed by atoms with Crippen LogP contribution in [0.25, 0.3) is 0 Å². The Morgan fingerprint density at radius 2 is 2.07 bits per heavy atom. The molecule has 1 fully saturated rings. The molecule has 0 atom stereocenters. The fraction of sp³-hybridized carbons (Fsp3) is 0.909. The summed E-state index contributed by atoms with van der Waals surface area (Å²) in [5.41, 5.74) is 0. The minimum absolute atomic E-state index is 0.450. The summed E-state index contributed by atoms with van der Waals surface area (Å²) in [6.45, 7) is 8.00. The van der Waals surface area contributed by atoms with Gasteiger partial charge in [0, 0.05) is 33.3 Å². The second-order valence-electron chi connectivity index (χ2n) is 3.72. The van der Waals surface area contributed by atoms with E-state index >= 15 is 0 Å². The summed E-state index contributed by atoms with van der Waals surface area (Å²) in [4.78, 5) is 6.57. The van der Waals surface area contributed by atoms with E-state index in [0.717, 1.165) is 45.0 Å². The van der Waals surface area contributed by atoms with Crippen LogP contribution >= 0.6 is 0 Å². The zero-order valence-electron chi connectivity index (χ0n) is 10.1. The van der Waals surface area contributed by atoms with E-state index in [0.29, 0.717) is 6.10 Å². The first-order valence-corrected chi connectivity index (χ1v) is 5.89. The molecule has 0 unspecified atom stereocenters. The number of guanidine groups is 1. The molecule has 88 valence electrons. The SMILES string of the molecule is CCNC(=NC)N1CCC(OCC)CC1. The van der Waals surface area contributed by atoms with Gasteiger partial charge in [0.05, 0.1) is 6.10 Å². The lowest BCUT2D eigenvalue weighted by Crippen LogP contribution is -2.46. The Kier molecular flexibility index (Phi) is 5.47. The van der Waals surface area contributed by atoms with Gasteiger partial charge in [-0.3, -0.25) is 4.99 Å². The lowest BCUT2D eigenvalue weighted by atomic mass is 10.1. The molecule has 0 aromatic carbocycles. The standard InChI is InChI=1S/C11H23N3O/c1-4-13-11(12-3)14-8-6-10(7-9-14)15-5-2/h10H,4-9H2,1-3H3,(H,12,13). The average Bonchev–Trinajstić information content (AvgIpc) is 2.28. The Morgan fingerprint density at radius 3 is 2.53 bits per heavy atom. The summed E-state index contributed by atoms with van der Waals surface area (Å²) in [7, 11) is 1.84. The second kappa shape index (κ2) is 6.67. The highest BCUT2D eigenvalue weighted by atomic mass is 16.5. The first kappa shape index (κ1) is 12.3. The monoisotopic (exact) mass is 213 g/mol. The van der Waals surface area contributed by atoms with E-state index in [2.05, 4.69) is 29.1 Å². The number of ether oxygens (including phenoxy) is 1. The van der Waals surface area contributed by atoms with Gasteiger partial charge in [-0.15, -0.1) is 0 Å². The van der Waals surface area contributed by atoms with E-state index in [4.69, 9.17) is 4.74 Å². The normalized spacial score (nSPS) is 19.4. The lowest BCUT2D eigenvalue weighted by molar-refractivity contribution is 0.0264. The molecular weight excluding hydrogens is 190 g/mol. The summed E-state index contributed by atoms with van der Waals surface area (Å²) in [5, 5.41) is 3.28. The van der Waals surface area contributed by atoms with Crippen molar-refractivity contribution in [3.05, 3.63) is 0 Å². The quantitative estimate of drug-likeness (QED) is 0.563. The third-order valence-electron chi connectivity index (χ3n) is 2.69. The summed E-state index contributed by atoms with van der Waals surface area (Å²) in [6, 6.07) is 0. The van der Waals surface area contributed by atoms with Crippen LogP contribution < -0.4 is 5.32 Å². The van der Waals surface area contributed by atoms with Crippen LogP contribution in [0.3, 0.4) is 0 Å². The number of hydrogen-bond donors (Lipinski definition) is 1. The van der Waals surface area contributed by atoms with Crippen molar-refractivity contribution in [2.75, 3.05) is 33.3 Å². The van der Waals surface area contributed by atoms with Gasteiger partial charge in [0.2, 0.25) is 0 Å². The van der Waals surface area contributed by atoms with Crippen molar-refractivity contribution < 1.29 is 4.74 Å². The fourth-order valence-electron chi connectivity index (χ4n) is 1.96. The number of rotatable bonds is 3. The van der Waals surface area contributed by atoms with Crippen molar-refractivity contribution >= 4 is 5.96 Å². The molecule has 0 radical (unpaired) electrons. The van der Waals surface area contributed by atoms with Crippen molar-refractivity contribution in [1.29, 1.82) is 0 Å². The molecular formula is C11H23N3O. The largest absolute Gasteiger partial charge is 0.378 e. The van der Waals surface area contributed by atoms with Crippen LogP contribution in [0.15, 0.2) is 4.99 Å². The first-order chi connectivity index (χ1) is 7.31. The van der Waals surface area contributed by atoms with E-state index in [1.165, 1.54) is 0 Å². The molecule has 1 heterocycles. The van der Waals surface area contributed by atoms with E-state index in [9.17, 15) is 0 Å². The number of aliphatic imine (C=N–C) groups is 1. The molecule has 0 spiro atoms. The maximum absolute atomic E-state index is 5.62. The molecule has 1 aliphatic rings. The van der Waals surface area contributed by atoms with E-state index in [-0.39, 0.29) is 0 Å². The molecule has 0 saturated carbocycles. The van der Waals surface area contributed by atoms with Crippen LogP contribution in [-0.4, -0.2) is 50.3 Å². The van der Waals surface area contributed by atoms with Gasteiger partial charge in [-0.2, -0.15) is 0 Å². The number of nitrogens with one attached hydrogen (secondary N) is 1. The molecule has 1 N–H and O–H groups in total. The van der Waals surface area contributed by atoms with Gasteiger partial charge in [0.15, 0.2) is 5.96 Å². The molecule has 0 aliphatic carbocycles. The maximum atomic E-state index is 5.62. The molecule has 4 heteroatoms. The van der Waals surface area contributed by atoms with Crippen molar-refractivity contribution in [2.24, 2.45) is 4.99 Å². The number of piperidine rings is 1. The van der Waals surface area contributed by atoms with Crippen molar-refractivity contribution in [2.45, 2.75) is 32.8 Å². The number of likely N-dealkylation sites (tertiary alicyclic amines) is 1. The maximum Gasteiger partial charge on any atom is 0.193 e. The minimum Gasteiger partial charge on any atom is -0.378 e. The highest BCUT2D eigenvalue weighted by molar-refractivity contribution is 5.79. The van der Waals surface area contributed by atoms with Crippen LogP contribution in [-0.2, 0) is 4.74 Å². The van der Waals surface area contributed by atoms with Crippen LogP contribution in [0.4, 0.5) is 0 Å². The number of nitrogens with zero attached hydrogens (tertiary/aromatic N) is 2. The van der Waals surface area contributed by atoms with Gasteiger partial charge in [-0.25, -0.2) is 0 Å². The summed E-state index contributed by atoms with van der Waals surface area (Å²) in [6.07, 6.45) is 2.67. The number of hydrogen-bond acceptors (Lipinski definition) is 2. The van der Waals surface area contributed by atoms with Gasteiger partial charge >= 0.3 is 0 Å². The Labute approximate surface area is 92.7 Å². The topological polar surface area (TPSA) is 36.9 Å². The molecule has 0 aromatic rings. The van der Waals surface area contributed by atoms with E-state index < -0.39 is 0 Å². The third-order valence-corrected chi connectivity index (χ3v) is 2.69. The highest BCUT2D eigenvalue weighted by Crippen LogP contribution is 2.13. The van der Waals surface area contributed by atoms with Gasteiger partial charge in [0.25, 0.3) is 0 Å². The van der Waals surface area contributed by atoms with E-state index in [1.54, 1.807) is 0 Å². The zero-order valence-corrected chi connectivity index (χ0v) is 10.1. The Balaban J connectivity index is 2.35. The molecule has 0 amide bonds. The van der Waals surface area contributed by atoms with Gasteiger partial charge in [-0.05, 0) is 26.7 Å². The first-order valence-electron chi connectivity index (χ1n) is 5.89. The zero-order chi connectivity index (χ0) is 11.1. The smallest absolute Gasteiger partial charge is 0.193 e. The predicted octanol–water partition coefficient (Wildman–Crippen LogP) is 1.08. The van der Waals surface area contributed by atoms with E-state index in [1.807, 2.05) is 7.05 Å². The van der Waals surface area contributed by atoms with Gasteiger partial charge in [0.1, 0.15) is 0 Å². The molecule has 1 aliphatic heterocycles. The molecule has 0 bridgehead atoms. The molecule has 0 aromatic heterocycles. The van der Waals surface area contributed by atoms with Crippen molar-refractivity contribution in [3.63, 3.8) is 0 Å². The van der Waals surface area contributed by atoms with Crippen LogP contribution in [0.5, 0.6) is 0 Å². The molecule has 1 rings (SSSR count). The summed E-state index contributed by atoms with van der Waals surface area (Å²) in [5.74, 6) is 1.02. The van der Waals surface area contributed by atoms with Crippen LogP contribution in [0.2, 0.25) is 0 Å². The summed E-state index contributed by atoms with van der Waals surface area (Å²) < 4.78 is 5.62. The molecule has 15 heavy (non-hydrogen) atoms.